The number of nitrogens with two attached hydrogens (primary N) is 2. The molecule has 7 heavy (non-hydrogen) atoms. The monoisotopic (exact) mass is 102 g/mol. The summed E-state index contributed by atoms with van der Waals surface area (Å²) < 4.78 is 0. The van der Waals surface area contributed by atoms with Crippen molar-refractivity contribution in [2.75, 3.05) is 0 Å². The van der Waals surface area contributed by atoms with E-state index in [0.717, 1.165) is 6.42 Å². The van der Waals surface area contributed by atoms with Crippen molar-refractivity contribution in [3.63, 3.8) is 0 Å². The first-order chi connectivity index (χ1) is 3.18. The quantitative estimate of drug-likeness (QED) is 0.518. The summed E-state index contributed by atoms with van der Waals surface area (Å²) in [5.41, 5.74) is 10.9. The van der Waals surface area contributed by atoms with Crippen LogP contribution < -0.4 is 11.5 Å². The number of hydrogen-bond acceptors (Lipinski definition) is 2. The minimum Gasteiger partial charge on any atom is -0.327 e. The van der Waals surface area contributed by atoms with Crippen LogP contribution in [0.2, 0.25) is 0 Å². The molecule has 0 aliphatic heterocycles. The summed E-state index contributed by atoms with van der Waals surface area (Å²) in [6, 6.07) is 0.324. The van der Waals surface area contributed by atoms with Crippen LogP contribution in [0.4, 0.5) is 0 Å². The summed E-state index contributed by atoms with van der Waals surface area (Å²) >= 11 is 0. The Hall–Kier alpha value is -0.0800. The maximum absolute atomic E-state index is 5.49. The largest absolute Gasteiger partial charge is 0.327 e. The highest BCUT2D eigenvalue weighted by molar-refractivity contribution is 4.67. The summed E-state index contributed by atoms with van der Waals surface area (Å²) in [5, 5.41) is 0. The Kier molecular flexibility index (Phi) is 2.96. The molecule has 0 rings (SSSR count). The van der Waals surface area contributed by atoms with Crippen LogP contribution in [0.3, 0.4) is 0 Å². The van der Waals surface area contributed by atoms with Crippen LogP contribution in [0.1, 0.15) is 20.3 Å². The van der Waals surface area contributed by atoms with Gasteiger partial charge in [0, 0.05) is 12.1 Å². The van der Waals surface area contributed by atoms with Crippen molar-refractivity contribution in [2.24, 2.45) is 11.5 Å². The third-order valence-corrected chi connectivity index (χ3v) is 1.15. The van der Waals surface area contributed by atoms with E-state index >= 15 is 0 Å². The van der Waals surface area contributed by atoms with Crippen LogP contribution in [0.25, 0.3) is 0 Å². The van der Waals surface area contributed by atoms with E-state index < -0.39 is 0 Å². The van der Waals surface area contributed by atoms with Crippen LogP contribution >= 0.6 is 0 Å². The van der Waals surface area contributed by atoms with E-state index in [1.807, 2.05) is 13.8 Å². The van der Waals surface area contributed by atoms with E-state index in [2.05, 4.69) is 0 Å². The van der Waals surface area contributed by atoms with E-state index in [1.54, 1.807) is 0 Å². The summed E-state index contributed by atoms with van der Waals surface area (Å²) in [5.74, 6) is 0. The van der Waals surface area contributed by atoms with Gasteiger partial charge in [0.15, 0.2) is 0 Å². The fourth-order valence-electron chi connectivity index (χ4n) is 0.372. The lowest BCUT2D eigenvalue weighted by Crippen LogP contribution is -2.38. The van der Waals surface area contributed by atoms with Crippen LogP contribution in [-0.4, -0.2) is 12.1 Å². The molecule has 0 fully saturated rings. The molecular formula is C5H14N2. The third kappa shape index (κ3) is 2.60. The molecule has 44 valence electrons. The second kappa shape index (κ2) is 2.99. The lowest BCUT2D eigenvalue weighted by molar-refractivity contribution is 0.545. The van der Waals surface area contributed by atoms with E-state index in [-0.39, 0.29) is 12.1 Å². The number of hydrogen-bond donors (Lipinski definition) is 2. The van der Waals surface area contributed by atoms with E-state index in [0.29, 0.717) is 0 Å². The van der Waals surface area contributed by atoms with Gasteiger partial charge in [0.25, 0.3) is 0 Å². The highest BCUT2D eigenvalue weighted by Gasteiger charge is 2.01. The van der Waals surface area contributed by atoms with E-state index in [1.165, 1.54) is 0 Å². The molecule has 0 aromatic carbocycles. The molecule has 0 bridgehead atoms. The van der Waals surface area contributed by atoms with Crippen LogP contribution in [0.15, 0.2) is 0 Å². The lowest BCUT2D eigenvalue weighted by Gasteiger charge is -2.11. The van der Waals surface area contributed by atoms with Crippen molar-refractivity contribution in [1.82, 2.24) is 0 Å². The average Bonchev–Trinajstić information content (AvgIpc) is 1.65. The molecule has 2 atom stereocenters. The number of rotatable bonds is 2. The molecule has 0 aliphatic rings. The molecule has 0 radical (unpaired) electrons. The van der Waals surface area contributed by atoms with Gasteiger partial charge in [-0.15, -0.1) is 0 Å². The zero-order valence-electron chi connectivity index (χ0n) is 5.02. The Bertz CT molecular complexity index is 43.3. The summed E-state index contributed by atoms with van der Waals surface area (Å²) in [6.45, 7) is 3.96. The van der Waals surface area contributed by atoms with Gasteiger partial charge in [0.2, 0.25) is 0 Å². The zero-order chi connectivity index (χ0) is 5.86. The molecule has 0 saturated heterocycles. The first-order valence-electron chi connectivity index (χ1n) is 2.69. The fraction of sp³-hybridized carbons (Fsp3) is 1.00. The van der Waals surface area contributed by atoms with Crippen LogP contribution in [0, 0.1) is 0 Å². The second-order valence-corrected chi connectivity index (χ2v) is 1.93. The average molecular weight is 102 g/mol. The molecule has 2 nitrogen and oxygen atoms in total. The van der Waals surface area contributed by atoms with Gasteiger partial charge in [-0.3, -0.25) is 0 Å². The van der Waals surface area contributed by atoms with Crippen LogP contribution in [0.5, 0.6) is 0 Å². The van der Waals surface area contributed by atoms with Gasteiger partial charge in [0.05, 0.1) is 0 Å². The predicted molar refractivity (Wildman–Crippen MR) is 31.9 cm³/mol. The smallest absolute Gasteiger partial charge is 0.0186 e. The van der Waals surface area contributed by atoms with E-state index in [4.69, 9.17) is 11.5 Å². The molecule has 1 unspecified atom stereocenters. The normalized spacial score (nSPS) is 18.9. The minimum atomic E-state index is 0.144. The predicted octanol–water partition coefficient (Wildman–Crippen LogP) is 0.0709. The second-order valence-electron chi connectivity index (χ2n) is 1.93. The maximum Gasteiger partial charge on any atom is 0.0186 e. The third-order valence-electron chi connectivity index (χ3n) is 1.15. The highest BCUT2D eigenvalue weighted by atomic mass is 14.8. The zero-order valence-corrected chi connectivity index (χ0v) is 5.02. The van der Waals surface area contributed by atoms with Gasteiger partial charge in [0.1, 0.15) is 0 Å². The molecular weight excluding hydrogens is 88.1 g/mol. The molecule has 2 heteroatoms. The Balaban J connectivity index is 3.14. The molecule has 0 aromatic rings. The lowest BCUT2D eigenvalue weighted by atomic mass is 10.1. The topological polar surface area (TPSA) is 52.0 Å². The van der Waals surface area contributed by atoms with Crippen molar-refractivity contribution in [3.8, 4) is 0 Å². The minimum absolute atomic E-state index is 0.144. The van der Waals surface area contributed by atoms with Gasteiger partial charge in [-0.2, -0.15) is 0 Å². The Morgan fingerprint density at radius 1 is 1.43 bits per heavy atom. The van der Waals surface area contributed by atoms with E-state index in [9.17, 15) is 0 Å². The first kappa shape index (κ1) is 6.92. The van der Waals surface area contributed by atoms with Gasteiger partial charge in [-0.05, 0) is 13.3 Å². The van der Waals surface area contributed by atoms with Crippen molar-refractivity contribution in [1.29, 1.82) is 0 Å². The molecule has 0 amide bonds. The maximum atomic E-state index is 5.49. The van der Waals surface area contributed by atoms with Gasteiger partial charge in [-0.25, -0.2) is 0 Å². The molecule has 0 heterocycles. The first-order valence-corrected chi connectivity index (χ1v) is 2.69. The Morgan fingerprint density at radius 2 is 1.86 bits per heavy atom. The summed E-state index contributed by atoms with van der Waals surface area (Å²) in [4.78, 5) is 0. The molecule has 4 N–H and O–H groups in total. The molecule has 0 aliphatic carbocycles. The SMILES string of the molecule is CC[C@@H](N)C(C)N. The van der Waals surface area contributed by atoms with Gasteiger partial charge in [-0.1, -0.05) is 6.92 Å². The van der Waals surface area contributed by atoms with Crippen molar-refractivity contribution in [2.45, 2.75) is 32.4 Å². The standard InChI is InChI=1S/C5H14N2/c1-3-5(7)4(2)6/h4-5H,3,6-7H2,1-2H3/t4?,5-/m1/s1. The fourth-order valence-corrected chi connectivity index (χ4v) is 0.372. The van der Waals surface area contributed by atoms with Crippen molar-refractivity contribution >= 4 is 0 Å². The Morgan fingerprint density at radius 3 is 1.86 bits per heavy atom. The summed E-state index contributed by atoms with van der Waals surface area (Å²) in [7, 11) is 0. The molecule has 0 saturated carbocycles. The molecule has 0 spiro atoms. The Labute approximate surface area is 44.9 Å². The summed E-state index contributed by atoms with van der Waals surface area (Å²) in [6.07, 6.45) is 0.970. The van der Waals surface area contributed by atoms with Gasteiger partial charge < -0.3 is 11.5 Å². The van der Waals surface area contributed by atoms with Crippen molar-refractivity contribution < 1.29 is 0 Å². The molecule has 0 aromatic heterocycles. The van der Waals surface area contributed by atoms with Crippen LogP contribution in [-0.2, 0) is 0 Å². The van der Waals surface area contributed by atoms with Gasteiger partial charge >= 0.3 is 0 Å². The van der Waals surface area contributed by atoms with Crippen molar-refractivity contribution in [3.05, 3.63) is 0 Å². The highest BCUT2D eigenvalue weighted by Crippen LogP contribution is 1.88.